The minimum Gasteiger partial charge on any atom is -0.310 e. The van der Waals surface area contributed by atoms with Gasteiger partial charge < -0.3 is 4.98 Å². The SMILES string of the molecule is Cc1c(-c2cc(F)cc(Cl)c2)nc(C(C)C)[nH]c1=O. The van der Waals surface area contributed by atoms with Gasteiger partial charge in [0.25, 0.3) is 5.56 Å². The molecule has 0 aliphatic rings. The Bertz CT molecular complexity index is 659. The Labute approximate surface area is 115 Å². The van der Waals surface area contributed by atoms with Gasteiger partial charge >= 0.3 is 0 Å². The van der Waals surface area contributed by atoms with E-state index in [2.05, 4.69) is 9.97 Å². The first-order chi connectivity index (χ1) is 8.88. The first kappa shape index (κ1) is 13.7. The van der Waals surface area contributed by atoms with Crippen LogP contribution in [0.15, 0.2) is 23.0 Å². The van der Waals surface area contributed by atoms with E-state index < -0.39 is 5.82 Å². The molecule has 0 spiro atoms. The Morgan fingerprint density at radius 2 is 2.00 bits per heavy atom. The lowest BCUT2D eigenvalue weighted by molar-refractivity contribution is 0.628. The monoisotopic (exact) mass is 280 g/mol. The Hall–Kier alpha value is -1.68. The topological polar surface area (TPSA) is 45.8 Å². The maximum atomic E-state index is 13.4. The van der Waals surface area contributed by atoms with Gasteiger partial charge in [-0.1, -0.05) is 25.4 Å². The second-order valence-corrected chi connectivity index (χ2v) is 5.17. The van der Waals surface area contributed by atoms with Gasteiger partial charge in [-0.2, -0.15) is 0 Å². The number of nitrogens with zero attached hydrogens (tertiary/aromatic N) is 1. The van der Waals surface area contributed by atoms with Gasteiger partial charge in [0.15, 0.2) is 0 Å². The number of aromatic nitrogens is 2. The molecule has 0 amide bonds. The van der Waals surface area contributed by atoms with Crippen LogP contribution in [-0.2, 0) is 0 Å². The Morgan fingerprint density at radius 3 is 2.58 bits per heavy atom. The van der Waals surface area contributed by atoms with Crippen LogP contribution in [0, 0.1) is 12.7 Å². The first-order valence-electron chi connectivity index (χ1n) is 5.95. The Kier molecular flexibility index (Phi) is 3.71. The third-order valence-electron chi connectivity index (χ3n) is 2.85. The van der Waals surface area contributed by atoms with Crippen molar-refractivity contribution >= 4 is 11.6 Å². The second kappa shape index (κ2) is 5.13. The van der Waals surface area contributed by atoms with Crippen molar-refractivity contribution < 1.29 is 4.39 Å². The highest BCUT2D eigenvalue weighted by molar-refractivity contribution is 6.30. The predicted molar refractivity (Wildman–Crippen MR) is 74.1 cm³/mol. The molecule has 3 nitrogen and oxygen atoms in total. The van der Waals surface area contributed by atoms with Crippen molar-refractivity contribution in [2.75, 3.05) is 0 Å². The smallest absolute Gasteiger partial charge is 0.254 e. The van der Waals surface area contributed by atoms with Crippen molar-refractivity contribution in [3.63, 3.8) is 0 Å². The zero-order valence-electron chi connectivity index (χ0n) is 10.9. The largest absolute Gasteiger partial charge is 0.310 e. The molecule has 0 unspecified atom stereocenters. The number of aromatic amines is 1. The van der Waals surface area contributed by atoms with Crippen LogP contribution in [0.5, 0.6) is 0 Å². The maximum absolute atomic E-state index is 13.4. The van der Waals surface area contributed by atoms with Gasteiger partial charge in [0.2, 0.25) is 0 Å². The van der Waals surface area contributed by atoms with Crippen molar-refractivity contribution in [3.05, 3.63) is 50.8 Å². The number of halogens is 2. The van der Waals surface area contributed by atoms with Crippen molar-refractivity contribution in [3.8, 4) is 11.3 Å². The van der Waals surface area contributed by atoms with Crippen molar-refractivity contribution in [2.45, 2.75) is 26.7 Å². The van der Waals surface area contributed by atoms with Crippen LogP contribution in [-0.4, -0.2) is 9.97 Å². The molecule has 100 valence electrons. The van der Waals surface area contributed by atoms with Gasteiger partial charge in [0, 0.05) is 22.1 Å². The lowest BCUT2D eigenvalue weighted by Gasteiger charge is -2.10. The minimum absolute atomic E-state index is 0.0797. The van der Waals surface area contributed by atoms with Crippen LogP contribution in [0.3, 0.4) is 0 Å². The second-order valence-electron chi connectivity index (χ2n) is 4.74. The summed E-state index contributed by atoms with van der Waals surface area (Å²) in [5.41, 5.74) is 1.21. The minimum atomic E-state index is -0.449. The number of hydrogen-bond donors (Lipinski definition) is 1. The van der Waals surface area contributed by atoms with Gasteiger partial charge in [0.1, 0.15) is 11.6 Å². The fourth-order valence-corrected chi connectivity index (χ4v) is 2.02. The summed E-state index contributed by atoms with van der Waals surface area (Å²) in [6, 6.07) is 4.14. The van der Waals surface area contributed by atoms with E-state index in [0.29, 0.717) is 22.6 Å². The summed E-state index contributed by atoms with van der Waals surface area (Å²) < 4.78 is 13.4. The van der Waals surface area contributed by atoms with Crippen LogP contribution >= 0.6 is 11.6 Å². The first-order valence-corrected chi connectivity index (χ1v) is 6.33. The number of nitrogens with one attached hydrogen (secondary N) is 1. The normalized spacial score (nSPS) is 11.1. The summed E-state index contributed by atoms with van der Waals surface area (Å²) in [5.74, 6) is 0.206. The van der Waals surface area contributed by atoms with E-state index in [1.54, 1.807) is 13.0 Å². The number of H-pyrrole nitrogens is 1. The molecule has 1 aromatic carbocycles. The molecule has 0 bridgehead atoms. The molecule has 19 heavy (non-hydrogen) atoms. The molecule has 0 aliphatic heterocycles. The summed E-state index contributed by atoms with van der Waals surface area (Å²) in [6.07, 6.45) is 0. The van der Waals surface area contributed by atoms with E-state index in [-0.39, 0.29) is 16.5 Å². The van der Waals surface area contributed by atoms with E-state index in [1.165, 1.54) is 12.1 Å². The molecule has 0 fully saturated rings. The van der Waals surface area contributed by atoms with Crippen LogP contribution < -0.4 is 5.56 Å². The summed E-state index contributed by atoms with van der Waals surface area (Å²) in [6.45, 7) is 5.51. The van der Waals surface area contributed by atoms with Crippen LogP contribution in [0.1, 0.15) is 31.2 Å². The molecular formula is C14H14ClFN2O. The highest BCUT2D eigenvalue weighted by Gasteiger charge is 2.13. The van der Waals surface area contributed by atoms with E-state index in [9.17, 15) is 9.18 Å². The molecule has 1 heterocycles. The molecule has 1 aromatic heterocycles. The van der Waals surface area contributed by atoms with Gasteiger partial charge in [-0.15, -0.1) is 0 Å². The third kappa shape index (κ3) is 2.84. The summed E-state index contributed by atoms with van der Waals surface area (Å²) >= 11 is 5.84. The number of benzene rings is 1. The van der Waals surface area contributed by atoms with Crippen LogP contribution in [0.25, 0.3) is 11.3 Å². The molecule has 2 rings (SSSR count). The van der Waals surface area contributed by atoms with Crippen molar-refractivity contribution in [2.24, 2.45) is 0 Å². The zero-order valence-corrected chi connectivity index (χ0v) is 11.7. The van der Waals surface area contributed by atoms with Crippen molar-refractivity contribution in [1.82, 2.24) is 9.97 Å². The molecular weight excluding hydrogens is 267 g/mol. The number of hydrogen-bond acceptors (Lipinski definition) is 2. The maximum Gasteiger partial charge on any atom is 0.254 e. The predicted octanol–water partition coefficient (Wildman–Crippen LogP) is 3.66. The highest BCUT2D eigenvalue weighted by Crippen LogP contribution is 2.25. The highest BCUT2D eigenvalue weighted by atomic mass is 35.5. The molecule has 0 radical (unpaired) electrons. The average Bonchev–Trinajstić information content (AvgIpc) is 2.30. The fraction of sp³-hybridized carbons (Fsp3) is 0.286. The van der Waals surface area contributed by atoms with Gasteiger partial charge in [-0.05, 0) is 25.1 Å². The molecule has 0 saturated carbocycles. The lowest BCUT2D eigenvalue weighted by Crippen LogP contribution is -2.16. The summed E-state index contributed by atoms with van der Waals surface area (Å²) in [7, 11) is 0. The van der Waals surface area contributed by atoms with Crippen LogP contribution in [0.2, 0.25) is 5.02 Å². The zero-order chi connectivity index (χ0) is 14.2. The average molecular weight is 281 g/mol. The van der Waals surface area contributed by atoms with E-state index in [0.717, 1.165) is 0 Å². The number of rotatable bonds is 2. The summed E-state index contributed by atoms with van der Waals surface area (Å²) in [4.78, 5) is 19.0. The molecule has 5 heteroatoms. The Balaban J connectivity index is 2.70. The van der Waals surface area contributed by atoms with Gasteiger partial charge in [-0.3, -0.25) is 4.79 Å². The van der Waals surface area contributed by atoms with E-state index in [4.69, 9.17) is 11.6 Å². The van der Waals surface area contributed by atoms with Gasteiger partial charge in [-0.25, -0.2) is 9.37 Å². The van der Waals surface area contributed by atoms with Crippen molar-refractivity contribution in [1.29, 1.82) is 0 Å². The van der Waals surface area contributed by atoms with E-state index in [1.807, 2.05) is 13.8 Å². The Morgan fingerprint density at radius 1 is 1.32 bits per heavy atom. The molecule has 0 atom stereocenters. The lowest BCUT2D eigenvalue weighted by atomic mass is 10.1. The van der Waals surface area contributed by atoms with E-state index >= 15 is 0 Å². The summed E-state index contributed by atoms with van der Waals surface area (Å²) in [5, 5.41) is 0.280. The molecule has 1 N–H and O–H groups in total. The third-order valence-corrected chi connectivity index (χ3v) is 3.07. The van der Waals surface area contributed by atoms with Gasteiger partial charge in [0.05, 0.1) is 5.69 Å². The molecule has 0 saturated heterocycles. The fourth-order valence-electron chi connectivity index (χ4n) is 1.79. The van der Waals surface area contributed by atoms with Crippen LogP contribution in [0.4, 0.5) is 4.39 Å². The molecule has 0 aliphatic carbocycles. The standard InChI is InChI=1S/C14H14ClFN2O/c1-7(2)13-17-12(8(3)14(19)18-13)9-4-10(15)6-11(16)5-9/h4-7H,1-3H3,(H,17,18,19). The quantitative estimate of drug-likeness (QED) is 0.912. The molecule has 2 aromatic rings.